The minimum Gasteiger partial charge on any atom is -0.458 e. The first-order chi connectivity index (χ1) is 13.5. The zero-order valence-electron chi connectivity index (χ0n) is 15.0. The van der Waals surface area contributed by atoms with Crippen molar-refractivity contribution in [1.82, 2.24) is 10.3 Å². The highest BCUT2D eigenvalue weighted by Crippen LogP contribution is 2.27. The summed E-state index contributed by atoms with van der Waals surface area (Å²) in [6, 6.07) is 11.2. The average Bonchev–Trinajstić information content (AvgIpc) is 3.29. The van der Waals surface area contributed by atoms with Gasteiger partial charge in [-0.1, -0.05) is 23.7 Å². The van der Waals surface area contributed by atoms with Crippen molar-refractivity contribution in [2.24, 2.45) is 0 Å². The lowest BCUT2D eigenvalue weighted by molar-refractivity contribution is -0.119. The predicted octanol–water partition coefficient (Wildman–Crippen LogP) is 4.56. The largest absolute Gasteiger partial charge is 0.458 e. The molecule has 2 N–H and O–H groups in total. The molecule has 0 aliphatic carbocycles. The maximum absolute atomic E-state index is 12.1. The zero-order valence-corrected chi connectivity index (χ0v) is 17.4. The fraction of sp³-hybridized carbons (Fsp3) is 0.211. The van der Waals surface area contributed by atoms with Crippen LogP contribution in [0, 0.1) is 0 Å². The minimum absolute atomic E-state index is 0.112. The van der Waals surface area contributed by atoms with Crippen LogP contribution in [-0.2, 0) is 21.9 Å². The molecule has 3 rings (SSSR count). The van der Waals surface area contributed by atoms with Gasteiger partial charge in [-0.15, -0.1) is 23.1 Å². The molecule has 0 spiro atoms. The summed E-state index contributed by atoms with van der Waals surface area (Å²) in [6.45, 7) is 1.78. The molecule has 6 nitrogen and oxygen atoms in total. The lowest BCUT2D eigenvalue weighted by Gasteiger charge is -2.03. The number of nitrogens with one attached hydrogen (secondary N) is 2. The van der Waals surface area contributed by atoms with Crippen molar-refractivity contribution in [3.63, 3.8) is 0 Å². The molecule has 1 aromatic carbocycles. The predicted molar refractivity (Wildman–Crippen MR) is 114 cm³/mol. The van der Waals surface area contributed by atoms with Gasteiger partial charge in [-0.05, 0) is 29.8 Å². The van der Waals surface area contributed by atoms with Gasteiger partial charge in [-0.3, -0.25) is 9.59 Å². The van der Waals surface area contributed by atoms with E-state index in [9.17, 15) is 9.59 Å². The van der Waals surface area contributed by atoms with Gasteiger partial charge in [-0.25, -0.2) is 4.98 Å². The van der Waals surface area contributed by atoms with Crippen LogP contribution >= 0.6 is 34.7 Å². The summed E-state index contributed by atoms with van der Waals surface area (Å²) >= 11 is 8.80. The van der Waals surface area contributed by atoms with Crippen molar-refractivity contribution in [2.45, 2.75) is 19.2 Å². The molecule has 0 saturated heterocycles. The Morgan fingerprint density at radius 1 is 1.29 bits per heavy atom. The van der Waals surface area contributed by atoms with E-state index in [1.54, 1.807) is 12.1 Å². The third kappa shape index (κ3) is 6.12. The van der Waals surface area contributed by atoms with Crippen molar-refractivity contribution in [1.29, 1.82) is 0 Å². The molecule has 0 unspecified atom stereocenters. The number of carbonyl (C=O) groups is 2. The highest BCUT2D eigenvalue weighted by Gasteiger charge is 2.11. The van der Waals surface area contributed by atoms with E-state index >= 15 is 0 Å². The fourth-order valence-corrected chi connectivity index (χ4v) is 4.01. The van der Waals surface area contributed by atoms with E-state index in [0.29, 0.717) is 45.4 Å². The van der Waals surface area contributed by atoms with Gasteiger partial charge in [0, 0.05) is 23.1 Å². The van der Waals surface area contributed by atoms with Crippen molar-refractivity contribution >= 4 is 51.6 Å². The quantitative estimate of drug-likeness (QED) is 0.541. The monoisotopic (exact) mass is 435 g/mol. The average molecular weight is 436 g/mol. The van der Waals surface area contributed by atoms with Crippen LogP contribution in [0.5, 0.6) is 0 Å². The summed E-state index contributed by atoms with van der Waals surface area (Å²) < 4.78 is 5.66. The first-order valence-electron chi connectivity index (χ1n) is 8.40. The number of rotatable bonds is 8. The van der Waals surface area contributed by atoms with E-state index in [2.05, 4.69) is 15.6 Å². The summed E-state index contributed by atoms with van der Waals surface area (Å²) in [5.41, 5.74) is 1.72. The van der Waals surface area contributed by atoms with Crippen molar-refractivity contribution < 1.29 is 14.0 Å². The van der Waals surface area contributed by atoms with Crippen molar-refractivity contribution in [3.8, 4) is 11.5 Å². The van der Waals surface area contributed by atoms with Crippen LogP contribution in [0.1, 0.15) is 18.2 Å². The van der Waals surface area contributed by atoms with Crippen molar-refractivity contribution in [2.75, 3.05) is 11.1 Å². The number of aromatic nitrogens is 1. The Kier molecular flexibility index (Phi) is 7.13. The summed E-state index contributed by atoms with van der Waals surface area (Å²) in [6.07, 6.45) is 0. The second-order valence-corrected chi connectivity index (χ2v) is 8.16. The van der Waals surface area contributed by atoms with E-state index in [1.165, 1.54) is 30.0 Å². The normalized spacial score (nSPS) is 10.6. The number of benzene rings is 1. The third-order valence-corrected chi connectivity index (χ3v) is 5.56. The van der Waals surface area contributed by atoms with E-state index < -0.39 is 0 Å². The topological polar surface area (TPSA) is 84.2 Å². The van der Waals surface area contributed by atoms with Gasteiger partial charge in [0.25, 0.3) is 0 Å². The zero-order chi connectivity index (χ0) is 19.9. The Bertz CT molecular complexity index is 971. The number of hydrogen-bond acceptors (Lipinski definition) is 6. The molecular formula is C19H18ClN3O3S2. The molecule has 146 valence electrons. The molecule has 0 aliphatic heterocycles. The second kappa shape index (κ2) is 9.77. The summed E-state index contributed by atoms with van der Waals surface area (Å²) in [5, 5.41) is 8.50. The lowest BCUT2D eigenvalue weighted by atomic mass is 10.2. The Morgan fingerprint density at radius 3 is 2.93 bits per heavy atom. The number of nitrogens with zero attached hydrogens (tertiary/aromatic N) is 1. The second-order valence-electron chi connectivity index (χ2n) is 5.88. The molecule has 0 radical (unpaired) electrons. The van der Waals surface area contributed by atoms with Gasteiger partial charge in [0.2, 0.25) is 11.8 Å². The van der Waals surface area contributed by atoms with Crippen LogP contribution in [0.25, 0.3) is 11.5 Å². The summed E-state index contributed by atoms with van der Waals surface area (Å²) in [7, 11) is 0. The lowest BCUT2D eigenvalue weighted by Crippen LogP contribution is -2.18. The number of furan rings is 1. The smallest absolute Gasteiger partial charge is 0.236 e. The number of anilines is 1. The number of thiazole rings is 1. The van der Waals surface area contributed by atoms with Crippen molar-refractivity contribution in [3.05, 3.63) is 58.1 Å². The van der Waals surface area contributed by atoms with Gasteiger partial charge in [-0.2, -0.15) is 0 Å². The molecule has 0 fully saturated rings. The third-order valence-electron chi connectivity index (χ3n) is 3.57. The highest BCUT2D eigenvalue weighted by atomic mass is 35.5. The van der Waals surface area contributed by atoms with Crippen LogP contribution in [-0.4, -0.2) is 22.6 Å². The van der Waals surface area contributed by atoms with E-state index in [0.717, 1.165) is 5.56 Å². The fourth-order valence-electron chi connectivity index (χ4n) is 2.31. The Morgan fingerprint density at radius 2 is 2.14 bits per heavy atom. The molecule has 0 atom stereocenters. The molecule has 9 heteroatoms. The number of amides is 2. The molecule has 0 aliphatic rings. The maximum Gasteiger partial charge on any atom is 0.236 e. The first kappa shape index (κ1) is 20.4. The summed E-state index contributed by atoms with van der Waals surface area (Å²) in [4.78, 5) is 27.5. The molecule has 0 saturated carbocycles. The number of halogens is 1. The number of carbonyl (C=O) groups excluding carboxylic acids is 2. The minimum atomic E-state index is -0.121. The number of hydrogen-bond donors (Lipinski definition) is 2. The maximum atomic E-state index is 12.1. The molecule has 2 heterocycles. The van der Waals surface area contributed by atoms with Gasteiger partial charge >= 0.3 is 0 Å². The van der Waals surface area contributed by atoms with Crippen LogP contribution in [0.2, 0.25) is 5.02 Å². The molecule has 2 amide bonds. The van der Waals surface area contributed by atoms with Crippen LogP contribution in [0.15, 0.2) is 46.2 Å². The van der Waals surface area contributed by atoms with E-state index in [1.807, 2.05) is 29.6 Å². The van der Waals surface area contributed by atoms with Crippen LogP contribution in [0.3, 0.4) is 0 Å². The van der Waals surface area contributed by atoms with Gasteiger partial charge in [0.15, 0.2) is 10.9 Å². The summed E-state index contributed by atoms with van der Waals surface area (Å²) in [5.74, 6) is 2.03. The van der Waals surface area contributed by atoms with Gasteiger partial charge < -0.3 is 15.1 Å². The standard InChI is InChI=1S/C19H18ClN3O3S2/c1-12(24)21-8-15-5-6-17(26-15)16-10-28-19(22-16)23-18(25)11-27-9-13-3-2-4-14(20)7-13/h2-7,10H,8-9,11H2,1H3,(H,21,24)(H,22,23,25). The van der Waals surface area contributed by atoms with E-state index in [-0.39, 0.29) is 11.8 Å². The van der Waals surface area contributed by atoms with Crippen LogP contribution in [0.4, 0.5) is 5.13 Å². The van der Waals surface area contributed by atoms with Gasteiger partial charge in [0.05, 0.1) is 12.3 Å². The van der Waals surface area contributed by atoms with Gasteiger partial charge in [0.1, 0.15) is 11.5 Å². The SMILES string of the molecule is CC(=O)NCc1ccc(-c2csc(NC(=O)CSCc3cccc(Cl)c3)n2)o1. The molecular weight excluding hydrogens is 418 g/mol. The Hall–Kier alpha value is -2.29. The molecule has 28 heavy (non-hydrogen) atoms. The van der Waals surface area contributed by atoms with Crippen LogP contribution < -0.4 is 10.6 Å². The first-order valence-corrected chi connectivity index (χ1v) is 10.8. The molecule has 2 aromatic heterocycles. The Balaban J connectivity index is 1.48. The van der Waals surface area contributed by atoms with E-state index in [4.69, 9.17) is 16.0 Å². The highest BCUT2D eigenvalue weighted by molar-refractivity contribution is 7.99. The number of thioether (sulfide) groups is 1. The molecule has 0 bridgehead atoms. The Labute approximate surface area is 175 Å². The molecule has 3 aromatic rings.